The number of benzene rings is 1. The lowest BCUT2D eigenvalue weighted by Crippen LogP contribution is -2.51. The topological polar surface area (TPSA) is 68.8 Å². The van der Waals surface area contributed by atoms with Crippen molar-refractivity contribution in [3.8, 4) is 5.75 Å². The van der Waals surface area contributed by atoms with Crippen LogP contribution in [0.1, 0.15) is 12.0 Å². The Balaban J connectivity index is 0.00000264. The number of rotatable bonds is 8. The van der Waals surface area contributed by atoms with Gasteiger partial charge in [0.15, 0.2) is 0 Å². The molecule has 0 aromatic heterocycles. The first-order chi connectivity index (χ1) is 10.8. The number of hydrogen-bond acceptors (Lipinski definition) is 5. The van der Waals surface area contributed by atoms with Gasteiger partial charge in [-0.2, -0.15) is 0 Å². The zero-order chi connectivity index (χ0) is 15.6. The molecule has 1 aliphatic rings. The van der Waals surface area contributed by atoms with Crippen LogP contribution in [0.15, 0.2) is 24.3 Å². The van der Waals surface area contributed by atoms with E-state index in [1.807, 2.05) is 24.3 Å². The molecular weight excluding hydrogens is 320 g/mol. The van der Waals surface area contributed by atoms with Crippen molar-refractivity contribution < 1.29 is 19.0 Å². The molecule has 1 aliphatic heterocycles. The maximum absolute atomic E-state index is 11.8. The van der Waals surface area contributed by atoms with Crippen LogP contribution in [0.25, 0.3) is 0 Å². The highest BCUT2D eigenvalue weighted by Crippen LogP contribution is 2.11. The predicted octanol–water partition coefficient (Wildman–Crippen LogP) is 1.13. The SMILES string of the molecule is COc1ccc(COCCCNC(=O)C2COCCN2)cc1.Cl. The average molecular weight is 345 g/mol. The van der Waals surface area contributed by atoms with Crippen molar-refractivity contribution in [3.05, 3.63) is 29.8 Å². The van der Waals surface area contributed by atoms with Crippen molar-refractivity contribution in [1.82, 2.24) is 10.6 Å². The normalized spacial score (nSPS) is 17.2. The summed E-state index contributed by atoms with van der Waals surface area (Å²) in [5, 5.41) is 6.01. The van der Waals surface area contributed by atoms with Crippen LogP contribution in [0.3, 0.4) is 0 Å². The van der Waals surface area contributed by atoms with Crippen LogP contribution in [0, 0.1) is 0 Å². The van der Waals surface area contributed by atoms with Crippen LogP contribution in [-0.2, 0) is 20.9 Å². The number of ether oxygens (including phenoxy) is 3. The lowest BCUT2D eigenvalue weighted by molar-refractivity contribution is -0.125. The molecule has 0 radical (unpaired) electrons. The van der Waals surface area contributed by atoms with Crippen LogP contribution in [0.5, 0.6) is 5.75 Å². The van der Waals surface area contributed by atoms with Gasteiger partial charge in [-0.3, -0.25) is 4.79 Å². The first kappa shape index (κ1) is 19.7. The number of methoxy groups -OCH3 is 1. The zero-order valence-electron chi connectivity index (χ0n) is 13.4. The van der Waals surface area contributed by atoms with Gasteiger partial charge in [0, 0.05) is 19.7 Å². The number of hydrogen-bond donors (Lipinski definition) is 2. The summed E-state index contributed by atoms with van der Waals surface area (Å²) < 4.78 is 15.9. The summed E-state index contributed by atoms with van der Waals surface area (Å²) in [4.78, 5) is 11.8. The minimum Gasteiger partial charge on any atom is -0.497 e. The fourth-order valence-corrected chi connectivity index (χ4v) is 2.15. The molecule has 1 aromatic carbocycles. The van der Waals surface area contributed by atoms with E-state index in [9.17, 15) is 4.79 Å². The predicted molar refractivity (Wildman–Crippen MR) is 90.1 cm³/mol. The molecule has 6 nitrogen and oxygen atoms in total. The van der Waals surface area contributed by atoms with Gasteiger partial charge in [0.25, 0.3) is 0 Å². The Morgan fingerprint density at radius 2 is 2.17 bits per heavy atom. The molecule has 0 saturated carbocycles. The van der Waals surface area contributed by atoms with Crippen LogP contribution >= 0.6 is 12.4 Å². The molecule has 130 valence electrons. The molecule has 1 saturated heterocycles. The standard InChI is InChI=1S/C16H24N2O4.ClH/c1-20-14-5-3-13(4-6-14)11-21-9-2-7-18-16(19)15-12-22-10-8-17-15;/h3-6,15,17H,2,7-12H2,1H3,(H,18,19);1H. The van der Waals surface area contributed by atoms with Gasteiger partial charge in [-0.05, 0) is 24.1 Å². The van der Waals surface area contributed by atoms with Crippen LogP contribution in [0.4, 0.5) is 0 Å². The van der Waals surface area contributed by atoms with Crippen molar-refractivity contribution in [2.24, 2.45) is 0 Å². The molecule has 1 heterocycles. The Kier molecular flexibility index (Phi) is 9.63. The summed E-state index contributed by atoms with van der Waals surface area (Å²) in [5.74, 6) is 0.835. The van der Waals surface area contributed by atoms with Gasteiger partial charge >= 0.3 is 0 Å². The molecule has 2 rings (SSSR count). The number of morpholine rings is 1. The van der Waals surface area contributed by atoms with Gasteiger partial charge in [0.2, 0.25) is 5.91 Å². The molecule has 2 N–H and O–H groups in total. The Morgan fingerprint density at radius 3 is 2.83 bits per heavy atom. The van der Waals surface area contributed by atoms with Gasteiger partial charge in [0.05, 0.1) is 26.9 Å². The molecule has 1 aromatic rings. The van der Waals surface area contributed by atoms with E-state index in [-0.39, 0.29) is 24.4 Å². The van der Waals surface area contributed by atoms with Crippen LogP contribution in [-0.4, -0.2) is 52.0 Å². The summed E-state index contributed by atoms with van der Waals surface area (Å²) in [6.45, 7) is 3.63. The molecule has 0 spiro atoms. The van der Waals surface area contributed by atoms with E-state index in [1.165, 1.54) is 0 Å². The van der Waals surface area contributed by atoms with Crippen molar-refractivity contribution in [1.29, 1.82) is 0 Å². The zero-order valence-corrected chi connectivity index (χ0v) is 14.2. The van der Waals surface area contributed by atoms with Gasteiger partial charge in [0.1, 0.15) is 11.8 Å². The van der Waals surface area contributed by atoms with Crippen molar-refractivity contribution in [2.75, 3.05) is 40.0 Å². The van der Waals surface area contributed by atoms with E-state index in [1.54, 1.807) is 7.11 Å². The van der Waals surface area contributed by atoms with Gasteiger partial charge < -0.3 is 24.8 Å². The largest absolute Gasteiger partial charge is 0.497 e. The number of nitrogens with one attached hydrogen (secondary N) is 2. The summed E-state index contributed by atoms with van der Waals surface area (Å²) >= 11 is 0. The monoisotopic (exact) mass is 344 g/mol. The quantitative estimate of drug-likeness (QED) is 0.692. The Labute approximate surface area is 143 Å². The fourth-order valence-electron chi connectivity index (χ4n) is 2.15. The minimum absolute atomic E-state index is 0. The fraction of sp³-hybridized carbons (Fsp3) is 0.562. The number of halogens is 1. The van der Waals surface area contributed by atoms with Crippen LogP contribution < -0.4 is 15.4 Å². The molecule has 0 aliphatic carbocycles. The van der Waals surface area contributed by atoms with Crippen LogP contribution in [0.2, 0.25) is 0 Å². The average Bonchev–Trinajstić information content (AvgIpc) is 2.59. The number of carbonyl (C=O) groups is 1. The highest BCUT2D eigenvalue weighted by molar-refractivity contribution is 5.85. The third-order valence-electron chi connectivity index (χ3n) is 3.43. The summed E-state index contributed by atoms with van der Waals surface area (Å²) in [6.07, 6.45) is 0.787. The van der Waals surface area contributed by atoms with E-state index in [0.29, 0.717) is 33.0 Å². The van der Waals surface area contributed by atoms with Gasteiger partial charge in [-0.25, -0.2) is 0 Å². The second-order valence-electron chi connectivity index (χ2n) is 5.13. The van der Waals surface area contributed by atoms with E-state index >= 15 is 0 Å². The summed E-state index contributed by atoms with van der Waals surface area (Å²) in [5.41, 5.74) is 1.10. The second kappa shape index (κ2) is 11.2. The molecule has 0 bridgehead atoms. The highest BCUT2D eigenvalue weighted by Gasteiger charge is 2.20. The van der Waals surface area contributed by atoms with Crippen molar-refractivity contribution >= 4 is 18.3 Å². The molecule has 7 heteroatoms. The third-order valence-corrected chi connectivity index (χ3v) is 3.43. The third kappa shape index (κ3) is 7.18. The summed E-state index contributed by atoms with van der Waals surface area (Å²) in [7, 11) is 1.65. The van der Waals surface area contributed by atoms with E-state index < -0.39 is 0 Å². The molecule has 1 fully saturated rings. The highest BCUT2D eigenvalue weighted by atomic mass is 35.5. The maximum Gasteiger partial charge on any atom is 0.239 e. The number of carbonyl (C=O) groups excluding carboxylic acids is 1. The van der Waals surface area contributed by atoms with E-state index in [4.69, 9.17) is 14.2 Å². The number of amides is 1. The Morgan fingerprint density at radius 1 is 1.39 bits per heavy atom. The van der Waals surface area contributed by atoms with E-state index in [0.717, 1.165) is 24.3 Å². The van der Waals surface area contributed by atoms with Crippen molar-refractivity contribution in [3.63, 3.8) is 0 Å². The maximum atomic E-state index is 11.8. The summed E-state index contributed by atoms with van der Waals surface area (Å²) in [6, 6.07) is 7.56. The van der Waals surface area contributed by atoms with Crippen molar-refractivity contribution in [2.45, 2.75) is 19.1 Å². The smallest absolute Gasteiger partial charge is 0.239 e. The second-order valence-corrected chi connectivity index (χ2v) is 5.13. The molecule has 1 atom stereocenters. The lowest BCUT2D eigenvalue weighted by atomic mass is 10.2. The molecule has 1 amide bonds. The molecule has 23 heavy (non-hydrogen) atoms. The Hall–Kier alpha value is -1.34. The van der Waals surface area contributed by atoms with E-state index in [2.05, 4.69) is 10.6 Å². The van der Waals surface area contributed by atoms with Gasteiger partial charge in [-0.15, -0.1) is 12.4 Å². The van der Waals surface area contributed by atoms with Gasteiger partial charge in [-0.1, -0.05) is 12.1 Å². The lowest BCUT2D eigenvalue weighted by Gasteiger charge is -2.22. The Bertz CT molecular complexity index is 450. The molecule has 1 unspecified atom stereocenters. The first-order valence-electron chi connectivity index (χ1n) is 7.59. The molecular formula is C16H25ClN2O4. The minimum atomic E-state index is -0.228. The first-order valence-corrected chi connectivity index (χ1v) is 7.59.